The van der Waals surface area contributed by atoms with Crippen LogP contribution >= 0.6 is 23.4 Å². The van der Waals surface area contributed by atoms with Gasteiger partial charge in [0.1, 0.15) is 6.04 Å². The fourth-order valence-corrected chi connectivity index (χ4v) is 2.30. The third kappa shape index (κ3) is 5.06. The molecule has 110 valence electrons. The van der Waals surface area contributed by atoms with Crippen molar-refractivity contribution in [1.29, 1.82) is 0 Å². The summed E-state index contributed by atoms with van der Waals surface area (Å²) in [5.41, 5.74) is 1.35. The minimum atomic E-state index is -0.625. The van der Waals surface area contributed by atoms with Crippen LogP contribution in [0.3, 0.4) is 0 Å². The van der Waals surface area contributed by atoms with Crippen LogP contribution in [0.25, 0.3) is 0 Å². The van der Waals surface area contributed by atoms with Gasteiger partial charge in [0.15, 0.2) is 0 Å². The van der Waals surface area contributed by atoms with Crippen LogP contribution in [0.15, 0.2) is 24.3 Å². The van der Waals surface area contributed by atoms with Crippen molar-refractivity contribution in [3.8, 4) is 0 Å². The van der Waals surface area contributed by atoms with Crippen LogP contribution in [0.2, 0.25) is 0 Å². The Morgan fingerprint density at radius 2 is 2.20 bits per heavy atom. The standard InChI is InChI=1S/C14H18ClNO3S/c1-19-14(18)12(6-7-20-2)16-13(17)11-5-3-4-10(8-11)9-15/h3-5,8,12H,6-7,9H2,1-2H3,(H,16,17)/t12-/m0/s1. The van der Waals surface area contributed by atoms with Crippen LogP contribution in [-0.2, 0) is 15.4 Å². The van der Waals surface area contributed by atoms with Crippen molar-refractivity contribution in [2.45, 2.75) is 18.3 Å². The largest absolute Gasteiger partial charge is 0.467 e. The van der Waals surface area contributed by atoms with Crippen LogP contribution in [0.5, 0.6) is 0 Å². The lowest BCUT2D eigenvalue weighted by molar-refractivity contribution is -0.142. The number of benzene rings is 1. The first-order valence-electron chi connectivity index (χ1n) is 6.15. The molecule has 0 aliphatic heterocycles. The van der Waals surface area contributed by atoms with Gasteiger partial charge in [-0.15, -0.1) is 11.6 Å². The highest BCUT2D eigenvalue weighted by molar-refractivity contribution is 7.98. The molecule has 0 spiro atoms. The zero-order chi connectivity index (χ0) is 15.0. The highest BCUT2D eigenvalue weighted by Gasteiger charge is 2.21. The van der Waals surface area contributed by atoms with E-state index in [0.717, 1.165) is 11.3 Å². The summed E-state index contributed by atoms with van der Waals surface area (Å²) >= 11 is 7.35. The van der Waals surface area contributed by atoms with E-state index in [1.807, 2.05) is 12.3 Å². The average Bonchev–Trinajstić information content (AvgIpc) is 2.50. The third-order valence-corrected chi connectivity index (χ3v) is 3.70. The highest BCUT2D eigenvalue weighted by Crippen LogP contribution is 2.09. The van der Waals surface area contributed by atoms with E-state index in [0.29, 0.717) is 17.9 Å². The third-order valence-electron chi connectivity index (χ3n) is 2.75. The van der Waals surface area contributed by atoms with Crippen LogP contribution in [0, 0.1) is 0 Å². The van der Waals surface area contributed by atoms with Crippen molar-refractivity contribution in [3.05, 3.63) is 35.4 Å². The zero-order valence-corrected chi connectivity index (χ0v) is 13.1. The van der Waals surface area contributed by atoms with Crippen molar-refractivity contribution >= 4 is 35.2 Å². The Bertz CT molecular complexity index is 467. The number of alkyl halides is 1. The number of nitrogens with one attached hydrogen (secondary N) is 1. The Kier molecular flexibility index (Phi) is 7.47. The van der Waals surface area contributed by atoms with Crippen molar-refractivity contribution in [2.75, 3.05) is 19.1 Å². The van der Waals surface area contributed by atoms with Gasteiger partial charge in [-0.25, -0.2) is 4.79 Å². The molecule has 1 atom stereocenters. The molecule has 20 heavy (non-hydrogen) atoms. The molecular formula is C14H18ClNO3S. The molecule has 0 saturated carbocycles. The number of amides is 1. The van der Waals surface area contributed by atoms with E-state index < -0.39 is 12.0 Å². The van der Waals surface area contributed by atoms with Gasteiger partial charge in [0.25, 0.3) is 5.91 Å². The van der Waals surface area contributed by atoms with Crippen molar-refractivity contribution in [3.63, 3.8) is 0 Å². The quantitative estimate of drug-likeness (QED) is 0.620. The summed E-state index contributed by atoms with van der Waals surface area (Å²) in [6.07, 6.45) is 2.48. The molecule has 0 fully saturated rings. The van der Waals surface area contributed by atoms with Crippen molar-refractivity contribution < 1.29 is 14.3 Å². The van der Waals surface area contributed by atoms with Gasteiger partial charge in [0.05, 0.1) is 7.11 Å². The first-order chi connectivity index (χ1) is 9.62. The molecule has 0 unspecified atom stereocenters. The van der Waals surface area contributed by atoms with E-state index in [9.17, 15) is 9.59 Å². The maximum Gasteiger partial charge on any atom is 0.328 e. The molecular weight excluding hydrogens is 298 g/mol. The molecule has 6 heteroatoms. The van der Waals surface area contributed by atoms with E-state index in [2.05, 4.69) is 5.32 Å². The van der Waals surface area contributed by atoms with E-state index in [-0.39, 0.29) is 5.91 Å². The second kappa shape index (κ2) is 8.87. The van der Waals surface area contributed by atoms with Crippen LogP contribution < -0.4 is 5.32 Å². The monoisotopic (exact) mass is 315 g/mol. The molecule has 1 rings (SSSR count). The van der Waals surface area contributed by atoms with Crippen molar-refractivity contribution in [2.24, 2.45) is 0 Å². The Hall–Kier alpha value is -1.20. The number of hydrogen-bond donors (Lipinski definition) is 1. The second-order valence-electron chi connectivity index (χ2n) is 4.16. The van der Waals surface area contributed by atoms with Crippen LogP contribution in [-0.4, -0.2) is 37.0 Å². The normalized spacial score (nSPS) is 11.8. The Labute approximate surface area is 128 Å². The number of esters is 1. The number of thioether (sulfide) groups is 1. The summed E-state index contributed by atoms with van der Waals surface area (Å²) in [7, 11) is 1.31. The predicted octanol–water partition coefficient (Wildman–Crippen LogP) is 2.45. The molecule has 0 aliphatic carbocycles. The minimum absolute atomic E-state index is 0.298. The second-order valence-corrected chi connectivity index (χ2v) is 5.42. The number of hydrogen-bond acceptors (Lipinski definition) is 4. The molecule has 0 radical (unpaired) electrons. The van der Waals surface area contributed by atoms with E-state index >= 15 is 0 Å². The Morgan fingerprint density at radius 3 is 2.80 bits per heavy atom. The molecule has 1 amide bonds. The SMILES string of the molecule is COC(=O)[C@H](CCSC)NC(=O)c1cccc(CCl)c1. The lowest BCUT2D eigenvalue weighted by Crippen LogP contribution is -2.41. The van der Waals surface area contributed by atoms with Crippen molar-refractivity contribution in [1.82, 2.24) is 5.32 Å². The molecule has 0 aliphatic rings. The number of halogens is 1. The van der Waals surface area contributed by atoms with Gasteiger partial charge in [-0.1, -0.05) is 12.1 Å². The van der Waals surface area contributed by atoms with Crippen LogP contribution in [0.4, 0.5) is 0 Å². The summed E-state index contributed by atoms with van der Waals surface area (Å²) in [4.78, 5) is 23.8. The summed E-state index contributed by atoms with van der Waals surface area (Å²) in [6, 6.07) is 6.39. The summed E-state index contributed by atoms with van der Waals surface area (Å²) in [5.74, 6) is 0.379. The summed E-state index contributed by atoms with van der Waals surface area (Å²) in [6.45, 7) is 0. The van der Waals surface area contributed by atoms with Gasteiger partial charge in [0, 0.05) is 11.4 Å². The van der Waals surface area contributed by atoms with Gasteiger partial charge in [-0.3, -0.25) is 4.79 Å². The maximum absolute atomic E-state index is 12.1. The number of carbonyl (C=O) groups excluding carboxylic acids is 2. The van der Waals surface area contributed by atoms with Gasteiger partial charge < -0.3 is 10.1 Å². The first-order valence-corrected chi connectivity index (χ1v) is 8.07. The van der Waals surface area contributed by atoms with Gasteiger partial charge in [-0.05, 0) is 36.1 Å². The molecule has 1 N–H and O–H groups in total. The molecule has 0 saturated heterocycles. The smallest absolute Gasteiger partial charge is 0.328 e. The number of ether oxygens (including phenoxy) is 1. The van der Waals surface area contributed by atoms with E-state index in [1.54, 1.807) is 30.0 Å². The summed E-state index contributed by atoms with van der Waals surface area (Å²) < 4.78 is 4.71. The van der Waals surface area contributed by atoms with E-state index in [4.69, 9.17) is 16.3 Å². The molecule has 0 heterocycles. The number of carbonyl (C=O) groups is 2. The topological polar surface area (TPSA) is 55.4 Å². The fourth-order valence-electron chi connectivity index (χ4n) is 1.66. The lowest BCUT2D eigenvalue weighted by atomic mass is 10.1. The number of rotatable bonds is 7. The number of methoxy groups -OCH3 is 1. The Morgan fingerprint density at radius 1 is 1.45 bits per heavy atom. The molecule has 4 nitrogen and oxygen atoms in total. The van der Waals surface area contributed by atoms with Gasteiger partial charge in [0.2, 0.25) is 0 Å². The minimum Gasteiger partial charge on any atom is -0.467 e. The highest BCUT2D eigenvalue weighted by atomic mass is 35.5. The predicted molar refractivity (Wildman–Crippen MR) is 82.3 cm³/mol. The first kappa shape index (κ1) is 16.9. The van der Waals surface area contributed by atoms with Gasteiger partial charge in [-0.2, -0.15) is 11.8 Å². The maximum atomic E-state index is 12.1. The Balaban J connectivity index is 2.75. The average molecular weight is 316 g/mol. The van der Waals surface area contributed by atoms with Crippen LogP contribution in [0.1, 0.15) is 22.3 Å². The molecule has 0 aromatic heterocycles. The summed E-state index contributed by atoms with van der Waals surface area (Å²) in [5, 5.41) is 2.70. The molecule has 1 aromatic carbocycles. The lowest BCUT2D eigenvalue weighted by Gasteiger charge is -2.16. The molecule has 0 bridgehead atoms. The molecule has 1 aromatic rings. The zero-order valence-electron chi connectivity index (χ0n) is 11.5. The van der Waals surface area contributed by atoms with Gasteiger partial charge >= 0.3 is 5.97 Å². The fraction of sp³-hybridized carbons (Fsp3) is 0.429. The van der Waals surface area contributed by atoms with E-state index in [1.165, 1.54) is 7.11 Å².